The summed E-state index contributed by atoms with van der Waals surface area (Å²) < 4.78 is 37.2. The van der Waals surface area contributed by atoms with Crippen LogP contribution in [-0.4, -0.2) is 19.0 Å². The highest BCUT2D eigenvalue weighted by Gasteiger charge is 2.29. The highest BCUT2D eigenvalue weighted by Crippen LogP contribution is 2.29. The molecule has 0 aromatic heterocycles. The van der Waals surface area contributed by atoms with Crippen molar-refractivity contribution in [3.8, 4) is 0 Å². The second-order valence-corrected chi connectivity index (χ2v) is 5.37. The van der Waals surface area contributed by atoms with Crippen molar-refractivity contribution in [2.24, 2.45) is 5.92 Å². The van der Waals surface area contributed by atoms with Gasteiger partial charge in [-0.05, 0) is 49.5 Å². The molecule has 1 heterocycles. The first kappa shape index (κ1) is 18.8. The topological polar surface area (TPSA) is 41.1 Å². The van der Waals surface area contributed by atoms with Crippen LogP contribution < -0.4 is 10.6 Å². The number of alkyl halides is 3. The molecule has 22 heavy (non-hydrogen) atoms. The van der Waals surface area contributed by atoms with E-state index >= 15 is 0 Å². The second-order valence-electron chi connectivity index (χ2n) is 5.37. The van der Waals surface area contributed by atoms with Crippen LogP contribution in [0.3, 0.4) is 0 Å². The van der Waals surface area contributed by atoms with Crippen LogP contribution in [-0.2, 0) is 17.5 Å². The lowest BCUT2D eigenvalue weighted by molar-refractivity contribution is -0.137. The molecular formula is C15H20ClF3N2O. The number of halogens is 4. The first-order chi connectivity index (χ1) is 9.95. The van der Waals surface area contributed by atoms with Gasteiger partial charge in [-0.3, -0.25) is 4.79 Å². The summed E-state index contributed by atoms with van der Waals surface area (Å²) in [6, 6.07) is 4.85. The van der Waals surface area contributed by atoms with Gasteiger partial charge in [0.05, 0.1) is 5.56 Å². The van der Waals surface area contributed by atoms with Gasteiger partial charge in [-0.15, -0.1) is 12.4 Å². The van der Waals surface area contributed by atoms with E-state index in [-0.39, 0.29) is 24.9 Å². The van der Waals surface area contributed by atoms with Crippen molar-refractivity contribution < 1.29 is 18.0 Å². The van der Waals surface area contributed by atoms with Gasteiger partial charge in [0.25, 0.3) is 0 Å². The minimum Gasteiger partial charge on any atom is -0.352 e. The smallest absolute Gasteiger partial charge is 0.352 e. The number of hydrogen-bond donors (Lipinski definition) is 2. The molecule has 1 aromatic rings. The maximum Gasteiger partial charge on any atom is 0.416 e. The highest BCUT2D eigenvalue weighted by molar-refractivity contribution is 5.85. The van der Waals surface area contributed by atoms with Gasteiger partial charge in [0, 0.05) is 13.0 Å². The van der Waals surface area contributed by atoms with Gasteiger partial charge in [-0.25, -0.2) is 0 Å². The van der Waals surface area contributed by atoms with E-state index in [0.29, 0.717) is 17.9 Å². The molecule has 2 rings (SSSR count). The van der Waals surface area contributed by atoms with E-state index in [2.05, 4.69) is 10.6 Å². The van der Waals surface area contributed by atoms with Crippen LogP contribution in [0.4, 0.5) is 13.2 Å². The van der Waals surface area contributed by atoms with E-state index in [1.165, 1.54) is 12.1 Å². The summed E-state index contributed by atoms with van der Waals surface area (Å²) in [5, 5.41) is 5.99. The summed E-state index contributed by atoms with van der Waals surface area (Å²) >= 11 is 0. The fourth-order valence-corrected chi connectivity index (χ4v) is 2.40. The lowest BCUT2D eigenvalue weighted by Crippen LogP contribution is -2.23. The molecule has 0 spiro atoms. The van der Waals surface area contributed by atoms with Crippen molar-refractivity contribution in [3.63, 3.8) is 0 Å². The Bertz CT molecular complexity index is 471. The van der Waals surface area contributed by atoms with Crippen molar-refractivity contribution in [2.45, 2.75) is 32.0 Å². The molecule has 0 saturated carbocycles. The fraction of sp³-hybridized carbons (Fsp3) is 0.533. The van der Waals surface area contributed by atoms with E-state index < -0.39 is 11.7 Å². The molecule has 0 bridgehead atoms. The third-order valence-corrected chi connectivity index (χ3v) is 3.71. The van der Waals surface area contributed by atoms with E-state index in [0.717, 1.165) is 38.1 Å². The molecule has 0 aliphatic carbocycles. The fourth-order valence-electron chi connectivity index (χ4n) is 2.40. The van der Waals surface area contributed by atoms with Crippen molar-refractivity contribution in [2.75, 3.05) is 13.1 Å². The Labute approximate surface area is 134 Å². The number of amides is 1. The maximum atomic E-state index is 12.4. The molecule has 3 nitrogen and oxygen atoms in total. The molecule has 1 amide bonds. The van der Waals surface area contributed by atoms with E-state index in [1.54, 1.807) is 0 Å². The summed E-state index contributed by atoms with van der Waals surface area (Å²) in [5.74, 6) is 0.503. The average Bonchev–Trinajstić information content (AvgIpc) is 2.95. The molecule has 1 aromatic carbocycles. The quantitative estimate of drug-likeness (QED) is 0.867. The Morgan fingerprint density at radius 2 is 1.95 bits per heavy atom. The Morgan fingerprint density at radius 3 is 2.50 bits per heavy atom. The van der Waals surface area contributed by atoms with Gasteiger partial charge in [0.2, 0.25) is 5.91 Å². The summed E-state index contributed by atoms with van der Waals surface area (Å²) in [4.78, 5) is 11.7. The zero-order valence-corrected chi connectivity index (χ0v) is 12.9. The summed E-state index contributed by atoms with van der Waals surface area (Å²) in [5.41, 5.74) is -0.00908. The number of benzene rings is 1. The summed E-state index contributed by atoms with van der Waals surface area (Å²) in [6.07, 6.45) is -1.90. The molecule has 1 aliphatic heterocycles. The van der Waals surface area contributed by atoms with Crippen molar-refractivity contribution >= 4 is 18.3 Å². The summed E-state index contributed by atoms with van der Waals surface area (Å²) in [7, 11) is 0. The molecule has 2 N–H and O–H groups in total. The molecule has 1 atom stereocenters. The highest BCUT2D eigenvalue weighted by atomic mass is 35.5. The second kappa shape index (κ2) is 8.39. The predicted octanol–water partition coefficient (Wildman–Crippen LogP) is 3.13. The van der Waals surface area contributed by atoms with E-state index in [4.69, 9.17) is 0 Å². The van der Waals surface area contributed by atoms with Gasteiger partial charge >= 0.3 is 6.18 Å². The molecule has 1 fully saturated rings. The average molecular weight is 337 g/mol. The molecule has 1 saturated heterocycles. The Morgan fingerprint density at radius 1 is 1.27 bits per heavy atom. The molecule has 1 aliphatic rings. The lowest BCUT2D eigenvalue weighted by Gasteiger charge is -2.10. The molecule has 0 radical (unpaired) electrons. The van der Waals surface area contributed by atoms with Crippen molar-refractivity contribution in [1.29, 1.82) is 0 Å². The number of rotatable bonds is 5. The molecular weight excluding hydrogens is 317 g/mol. The standard InChI is InChI=1S/C15H19F3N2O.ClH/c16-15(17,18)13-4-1-11(2-5-13)10-20-14(21)6-3-12-7-8-19-9-12;/h1-2,4-5,12,19H,3,6-10H2,(H,20,21);1H. The number of nitrogens with one attached hydrogen (secondary N) is 2. The van der Waals surface area contributed by atoms with Gasteiger partial charge in [0.1, 0.15) is 0 Å². The number of carbonyl (C=O) groups excluding carboxylic acids is 1. The molecule has 124 valence electrons. The van der Waals surface area contributed by atoms with Gasteiger partial charge in [0.15, 0.2) is 0 Å². The third-order valence-electron chi connectivity index (χ3n) is 3.71. The SMILES string of the molecule is Cl.O=C(CCC1CCNC1)NCc1ccc(C(F)(F)F)cc1. The zero-order valence-electron chi connectivity index (χ0n) is 12.1. The van der Waals surface area contributed by atoms with Crippen LogP contribution in [0.5, 0.6) is 0 Å². The maximum absolute atomic E-state index is 12.4. The largest absolute Gasteiger partial charge is 0.416 e. The molecule has 1 unspecified atom stereocenters. The van der Waals surface area contributed by atoms with Crippen molar-refractivity contribution in [3.05, 3.63) is 35.4 Å². The van der Waals surface area contributed by atoms with Gasteiger partial charge in [-0.2, -0.15) is 13.2 Å². The first-order valence-electron chi connectivity index (χ1n) is 7.08. The van der Waals surface area contributed by atoms with E-state index in [1.807, 2.05) is 0 Å². The number of hydrogen-bond acceptors (Lipinski definition) is 2. The lowest BCUT2D eigenvalue weighted by atomic mass is 10.0. The minimum atomic E-state index is -4.32. The Balaban J connectivity index is 0.00000242. The van der Waals surface area contributed by atoms with Gasteiger partial charge < -0.3 is 10.6 Å². The van der Waals surface area contributed by atoms with Crippen LogP contribution in [0.1, 0.15) is 30.4 Å². The molecule has 7 heteroatoms. The van der Waals surface area contributed by atoms with Crippen LogP contribution in [0.2, 0.25) is 0 Å². The summed E-state index contributed by atoms with van der Waals surface area (Å²) in [6.45, 7) is 2.24. The number of carbonyl (C=O) groups is 1. The monoisotopic (exact) mass is 336 g/mol. The van der Waals surface area contributed by atoms with Crippen LogP contribution >= 0.6 is 12.4 Å². The van der Waals surface area contributed by atoms with Crippen LogP contribution in [0.15, 0.2) is 24.3 Å². The van der Waals surface area contributed by atoms with E-state index in [9.17, 15) is 18.0 Å². The van der Waals surface area contributed by atoms with Crippen molar-refractivity contribution in [1.82, 2.24) is 10.6 Å². The minimum absolute atomic E-state index is 0. The van der Waals surface area contributed by atoms with Gasteiger partial charge in [-0.1, -0.05) is 12.1 Å². The van der Waals surface area contributed by atoms with Crippen LogP contribution in [0.25, 0.3) is 0 Å². The van der Waals surface area contributed by atoms with Crippen LogP contribution in [0, 0.1) is 5.92 Å². The zero-order chi connectivity index (χ0) is 15.3. The normalized spacial score (nSPS) is 17.9. The third kappa shape index (κ3) is 5.85. The Kier molecular flexibility index (Phi) is 7.16. The first-order valence-corrected chi connectivity index (χ1v) is 7.08. The predicted molar refractivity (Wildman–Crippen MR) is 80.7 cm³/mol. The Hall–Kier alpha value is -1.27.